The number of hydrogen-bond donors (Lipinski definition) is 6. The standard InChI is InChI=1S/C44H34N6/c45-41-42(46)44-40(30-19-11-4-12-20-30)36-26-24-34(49-36)38(28-15-7-2-8-16-28)32-22-21-31(47-32)37(27-13-5-1-6-14-27)33-23-25-35(48-33)39(43(41)50-44)29-17-9-3-10-18-29/h1-26,47-50H,45-46H2. The van der Waals surface area contributed by atoms with E-state index in [4.69, 9.17) is 11.5 Å². The van der Waals surface area contributed by atoms with Gasteiger partial charge in [0.2, 0.25) is 0 Å². The number of nitrogens with one attached hydrogen (secondary N) is 4. The highest BCUT2D eigenvalue weighted by atomic mass is 14.8. The summed E-state index contributed by atoms with van der Waals surface area (Å²) in [4.78, 5) is 15.1. The number of rotatable bonds is 4. The number of aromatic nitrogens is 4. The van der Waals surface area contributed by atoms with E-state index in [0.29, 0.717) is 11.4 Å². The lowest BCUT2D eigenvalue weighted by atomic mass is 10.0. The second-order valence-electron chi connectivity index (χ2n) is 12.5. The summed E-state index contributed by atoms with van der Waals surface area (Å²) >= 11 is 0. The van der Waals surface area contributed by atoms with Crippen LogP contribution >= 0.6 is 0 Å². The maximum Gasteiger partial charge on any atom is 0.0816 e. The van der Waals surface area contributed by atoms with Crippen LogP contribution in [0.15, 0.2) is 158 Å². The molecule has 8 bridgehead atoms. The fourth-order valence-corrected chi connectivity index (χ4v) is 7.18. The first-order valence-electron chi connectivity index (χ1n) is 16.7. The number of aromatic amines is 4. The van der Waals surface area contributed by atoms with Crippen LogP contribution in [0.1, 0.15) is 45.0 Å². The van der Waals surface area contributed by atoms with E-state index in [1.807, 2.05) is 48.5 Å². The first kappa shape index (κ1) is 29.2. The zero-order valence-electron chi connectivity index (χ0n) is 27.2. The van der Waals surface area contributed by atoms with Crippen molar-refractivity contribution in [1.29, 1.82) is 0 Å². The molecule has 4 aromatic heterocycles. The van der Waals surface area contributed by atoms with Gasteiger partial charge in [-0.05, 0) is 58.7 Å². The summed E-state index contributed by atoms with van der Waals surface area (Å²) in [6, 6.07) is 54.4. The van der Waals surface area contributed by atoms with Crippen LogP contribution in [0.5, 0.6) is 0 Å². The van der Waals surface area contributed by atoms with Gasteiger partial charge < -0.3 is 31.4 Å². The quantitative estimate of drug-likeness (QED) is 0.152. The van der Waals surface area contributed by atoms with Gasteiger partial charge in [0.25, 0.3) is 0 Å². The molecule has 5 heterocycles. The lowest BCUT2D eigenvalue weighted by Crippen LogP contribution is -2.20. The molecule has 0 radical (unpaired) electrons. The number of benzene rings is 4. The maximum absolute atomic E-state index is 7.00. The molecule has 0 unspecified atom stereocenters. The molecule has 50 heavy (non-hydrogen) atoms. The van der Waals surface area contributed by atoms with E-state index in [-0.39, 0.29) is 0 Å². The molecule has 0 atom stereocenters. The molecule has 0 saturated carbocycles. The third kappa shape index (κ3) is 4.90. The van der Waals surface area contributed by atoms with E-state index < -0.39 is 0 Å². The largest absolute Gasteiger partial charge is 0.395 e. The minimum Gasteiger partial charge on any atom is -0.395 e. The molecule has 1 aliphatic rings. The van der Waals surface area contributed by atoms with Crippen LogP contribution in [0.2, 0.25) is 0 Å². The third-order valence-corrected chi connectivity index (χ3v) is 9.50. The third-order valence-electron chi connectivity index (χ3n) is 9.50. The summed E-state index contributed by atoms with van der Waals surface area (Å²) in [5.41, 5.74) is 26.9. The number of H-pyrrole nitrogens is 4. The Hall–Kier alpha value is -6.92. The first-order chi connectivity index (χ1) is 24.6. The Kier molecular flexibility index (Phi) is 6.99. The Morgan fingerprint density at radius 1 is 0.280 bits per heavy atom. The van der Waals surface area contributed by atoms with Crippen molar-refractivity contribution in [1.82, 2.24) is 19.9 Å². The van der Waals surface area contributed by atoms with Gasteiger partial charge >= 0.3 is 0 Å². The molecule has 6 nitrogen and oxygen atoms in total. The Balaban J connectivity index is 1.48. The van der Waals surface area contributed by atoms with Gasteiger partial charge in [0.15, 0.2) is 0 Å². The van der Waals surface area contributed by atoms with Crippen LogP contribution in [0.25, 0.3) is 22.3 Å². The molecular formula is C44H34N6. The smallest absolute Gasteiger partial charge is 0.0816 e. The van der Waals surface area contributed by atoms with Crippen molar-refractivity contribution in [3.63, 3.8) is 0 Å². The van der Waals surface area contributed by atoms with Gasteiger partial charge in [0.05, 0.1) is 22.1 Å². The van der Waals surface area contributed by atoms with Crippen LogP contribution in [0, 0.1) is 0 Å². The summed E-state index contributed by atoms with van der Waals surface area (Å²) in [5, 5.41) is 3.50. The summed E-state index contributed by atoms with van der Waals surface area (Å²) < 4.78 is 0. The lowest BCUT2D eigenvalue weighted by Gasteiger charge is -2.09. The minimum atomic E-state index is 0.497. The first-order valence-corrected chi connectivity index (χ1v) is 16.7. The van der Waals surface area contributed by atoms with E-state index in [1.54, 1.807) is 0 Å². The molecule has 240 valence electrons. The maximum atomic E-state index is 7.00. The predicted molar refractivity (Wildman–Crippen MR) is 203 cm³/mol. The van der Waals surface area contributed by atoms with Crippen molar-refractivity contribution in [3.8, 4) is 0 Å². The molecule has 4 aromatic carbocycles. The van der Waals surface area contributed by atoms with Gasteiger partial charge in [-0.3, -0.25) is 0 Å². The van der Waals surface area contributed by atoms with Gasteiger partial charge in [-0.15, -0.1) is 0 Å². The molecule has 9 rings (SSSR count). The molecule has 1 aliphatic heterocycles. The predicted octanol–water partition coefficient (Wildman–Crippen LogP) is 5.47. The number of anilines is 2. The summed E-state index contributed by atoms with van der Waals surface area (Å²) in [6.45, 7) is 0. The van der Waals surface area contributed by atoms with Crippen molar-refractivity contribution < 1.29 is 0 Å². The Labute approximate surface area is 288 Å². The van der Waals surface area contributed by atoms with E-state index in [9.17, 15) is 0 Å². The zero-order chi connectivity index (χ0) is 33.6. The van der Waals surface area contributed by atoms with E-state index >= 15 is 0 Å². The highest BCUT2D eigenvalue weighted by Gasteiger charge is 2.20. The van der Waals surface area contributed by atoms with Crippen LogP contribution in [0.3, 0.4) is 0 Å². The Morgan fingerprint density at radius 3 is 0.920 bits per heavy atom. The fraction of sp³-hybridized carbons (Fsp3) is 0. The van der Waals surface area contributed by atoms with Gasteiger partial charge in [-0.25, -0.2) is 0 Å². The molecule has 0 saturated heterocycles. The average molecular weight is 647 g/mol. The van der Waals surface area contributed by atoms with E-state index in [2.05, 4.69) is 129 Å². The number of nitrogens with two attached hydrogens (primary N) is 2. The molecule has 0 spiro atoms. The monoisotopic (exact) mass is 646 g/mol. The van der Waals surface area contributed by atoms with Crippen molar-refractivity contribution in [2.24, 2.45) is 0 Å². The van der Waals surface area contributed by atoms with Crippen molar-refractivity contribution in [3.05, 3.63) is 224 Å². The van der Waals surface area contributed by atoms with Crippen molar-refractivity contribution in [2.45, 2.75) is 0 Å². The van der Waals surface area contributed by atoms with E-state index in [1.165, 1.54) is 0 Å². The molecule has 0 aliphatic carbocycles. The number of hydrogen-bond acceptors (Lipinski definition) is 2. The topological polar surface area (TPSA) is 115 Å². The Morgan fingerprint density at radius 2 is 0.580 bits per heavy atom. The number of nitrogen functional groups attached to an aromatic ring is 2. The van der Waals surface area contributed by atoms with Crippen LogP contribution < -0.4 is 32.9 Å². The molecule has 8 N–H and O–H groups in total. The summed E-state index contributed by atoms with van der Waals surface area (Å²) in [5.74, 6) is 0. The SMILES string of the molecule is Nc1c(N)c2[nH]c1=C(c1ccccc1)c1ccc([nH]1)C(c1ccccc1)=c1ccc([nH]1)=C(c1ccccc1)c1ccc([nH]1)C=2c1ccccc1. The van der Waals surface area contributed by atoms with Gasteiger partial charge in [0, 0.05) is 55.8 Å². The molecule has 0 fully saturated rings. The number of fused-ring (bicyclic) bond motifs is 8. The van der Waals surface area contributed by atoms with Gasteiger partial charge in [0.1, 0.15) is 0 Å². The highest BCUT2D eigenvalue weighted by molar-refractivity contribution is 5.88. The fourth-order valence-electron chi connectivity index (χ4n) is 7.18. The van der Waals surface area contributed by atoms with E-state index in [0.717, 1.165) is 88.7 Å². The summed E-state index contributed by atoms with van der Waals surface area (Å²) in [7, 11) is 0. The van der Waals surface area contributed by atoms with Crippen LogP contribution in [-0.2, 0) is 0 Å². The second-order valence-corrected chi connectivity index (χ2v) is 12.5. The van der Waals surface area contributed by atoms with Crippen molar-refractivity contribution in [2.75, 3.05) is 11.5 Å². The highest BCUT2D eigenvalue weighted by Crippen LogP contribution is 2.29. The van der Waals surface area contributed by atoms with Gasteiger partial charge in [-0.1, -0.05) is 121 Å². The second kappa shape index (κ2) is 12.0. The van der Waals surface area contributed by atoms with Crippen molar-refractivity contribution >= 4 is 33.7 Å². The zero-order valence-corrected chi connectivity index (χ0v) is 27.2. The average Bonchev–Trinajstić information content (AvgIpc) is 3.99. The Bertz CT molecular complexity index is 2560. The molecule has 0 amide bonds. The van der Waals surface area contributed by atoms with Gasteiger partial charge in [-0.2, -0.15) is 0 Å². The molecular weight excluding hydrogens is 613 g/mol. The molecule has 6 heteroatoms. The lowest BCUT2D eigenvalue weighted by molar-refractivity contribution is 1.19. The minimum absolute atomic E-state index is 0.497. The van der Waals surface area contributed by atoms with Crippen LogP contribution in [-0.4, -0.2) is 19.9 Å². The summed E-state index contributed by atoms with van der Waals surface area (Å²) in [6.07, 6.45) is 0. The molecule has 8 aromatic rings. The van der Waals surface area contributed by atoms with Crippen LogP contribution in [0.4, 0.5) is 11.4 Å². The normalized spacial score (nSPS) is 12.8.